The van der Waals surface area contributed by atoms with Crippen LogP contribution in [0.3, 0.4) is 0 Å². The van der Waals surface area contributed by atoms with Crippen molar-refractivity contribution in [3.05, 3.63) is 40.2 Å². The molecule has 0 radical (unpaired) electrons. The summed E-state index contributed by atoms with van der Waals surface area (Å²) in [4.78, 5) is 11.5. The Bertz CT molecular complexity index is 557. The Morgan fingerprint density at radius 1 is 1.22 bits per heavy atom. The summed E-state index contributed by atoms with van der Waals surface area (Å²) in [5.41, 5.74) is 0.588. The first-order valence-corrected chi connectivity index (χ1v) is 5.88. The highest BCUT2D eigenvalue weighted by molar-refractivity contribution is 5.84. The zero-order valence-electron chi connectivity index (χ0n) is 11.1. The minimum absolute atomic E-state index is 0.105. The standard InChI is InChI=1S/C12H12O4.C2H6/c1-8-11(15-7-14-2)9-5-3-4-6-10(9)16-12(8)13;1-2/h3-6H,7H2,1-2H3;1-2H3. The molecule has 0 N–H and O–H groups in total. The Balaban J connectivity index is 0.000000771. The van der Waals surface area contributed by atoms with Crippen LogP contribution in [0.5, 0.6) is 5.75 Å². The van der Waals surface area contributed by atoms with E-state index in [9.17, 15) is 4.79 Å². The van der Waals surface area contributed by atoms with Gasteiger partial charge in [0.05, 0.1) is 10.9 Å². The molecule has 0 amide bonds. The molecule has 98 valence electrons. The Morgan fingerprint density at radius 3 is 2.56 bits per heavy atom. The summed E-state index contributed by atoms with van der Waals surface area (Å²) in [5, 5.41) is 0.775. The number of fused-ring (bicyclic) bond motifs is 1. The van der Waals surface area contributed by atoms with Gasteiger partial charge < -0.3 is 13.9 Å². The Labute approximate surface area is 106 Å². The predicted molar refractivity (Wildman–Crippen MR) is 71.1 cm³/mol. The number of methoxy groups -OCH3 is 1. The second kappa shape index (κ2) is 6.81. The minimum atomic E-state index is -0.384. The monoisotopic (exact) mass is 250 g/mol. The predicted octanol–water partition coefficient (Wildman–Crippen LogP) is 3.11. The summed E-state index contributed by atoms with van der Waals surface area (Å²) < 4.78 is 15.4. The van der Waals surface area contributed by atoms with Crippen molar-refractivity contribution in [1.82, 2.24) is 0 Å². The molecule has 0 unspecified atom stereocenters. The molecule has 0 aliphatic carbocycles. The number of hydrogen-bond donors (Lipinski definition) is 0. The lowest BCUT2D eigenvalue weighted by Crippen LogP contribution is -2.09. The average molecular weight is 250 g/mol. The third-order valence-electron chi connectivity index (χ3n) is 2.30. The summed E-state index contributed by atoms with van der Waals surface area (Å²) in [5.74, 6) is 0.522. The number of hydrogen-bond acceptors (Lipinski definition) is 4. The van der Waals surface area contributed by atoms with Gasteiger partial charge in [-0.1, -0.05) is 26.0 Å². The third-order valence-corrected chi connectivity index (χ3v) is 2.30. The van der Waals surface area contributed by atoms with Gasteiger partial charge in [-0.3, -0.25) is 0 Å². The van der Waals surface area contributed by atoms with Crippen molar-refractivity contribution in [1.29, 1.82) is 0 Å². The quantitative estimate of drug-likeness (QED) is 0.620. The van der Waals surface area contributed by atoms with Gasteiger partial charge in [-0.05, 0) is 19.1 Å². The molecule has 18 heavy (non-hydrogen) atoms. The average Bonchev–Trinajstić information content (AvgIpc) is 2.42. The van der Waals surface area contributed by atoms with E-state index < -0.39 is 0 Å². The number of benzene rings is 1. The topological polar surface area (TPSA) is 48.7 Å². The van der Waals surface area contributed by atoms with Crippen LogP contribution in [0.1, 0.15) is 19.4 Å². The summed E-state index contributed by atoms with van der Waals surface area (Å²) in [7, 11) is 1.53. The van der Waals surface area contributed by atoms with Gasteiger partial charge in [0.1, 0.15) is 11.3 Å². The molecule has 0 saturated carbocycles. The second-order valence-corrected chi connectivity index (χ2v) is 3.39. The lowest BCUT2D eigenvalue weighted by atomic mass is 10.2. The van der Waals surface area contributed by atoms with Crippen LogP contribution in [0.15, 0.2) is 33.5 Å². The van der Waals surface area contributed by atoms with E-state index >= 15 is 0 Å². The molecule has 0 saturated heterocycles. The molecule has 0 bridgehead atoms. The van der Waals surface area contributed by atoms with Crippen molar-refractivity contribution < 1.29 is 13.9 Å². The fourth-order valence-electron chi connectivity index (χ4n) is 1.52. The van der Waals surface area contributed by atoms with Crippen molar-refractivity contribution in [2.24, 2.45) is 0 Å². The molecular weight excluding hydrogens is 232 g/mol. The summed E-state index contributed by atoms with van der Waals surface area (Å²) in [6, 6.07) is 7.24. The number of rotatable bonds is 3. The van der Waals surface area contributed by atoms with Gasteiger partial charge in [-0.15, -0.1) is 0 Å². The second-order valence-electron chi connectivity index (χ2n) is 3.39. The molecule has 4 heteroatoms. The van der Waals surface area contributed by atoms with Crippen molar-refractivity contribution in [3.63, 3.8) is 0 Å². The van der Waals surface area contributed by atoms with Crippen molar-refractivity contribution in [3.8, 4) is 5.75 Å². The highest BCUT2D eigenvalue weighted by atomic mass is 16.7. The molecule has 0 aliphatic heterocycles. The van der Waals surface area contributed by atoms with E-state index in [1.807, 2.05) is 26.0 Å². The molecule has 2 rings (SSSR count). The first-order valence-electron chi connectivity index (χ1n) is 5.88. The maximum Gasteiger partial charge on any atom is 0.342 e. The van der Waals surface area contributed by atoms with Gasteiger partial charge in [0.25, 0.3) is 0 Å². The van der Waals surface area contributed by atoms with E-state index in [-0.39, 0.29) is 12.4 Å². The Kier molecular flexibility index (Phi) is 5.39. The van der Waals surface area contributed by atoms with Crippen molar-refractivity contribution in [2.45, 2.75) is 20.8 Å². The molecule has 1 aromatic heterocycles. The van der Waals surface area contributed by atoms with E-state index in [0.29, 0.717) is 16.9 Å². The van der Waals surface area contributed by atoms with Crippen LogP contribution in [-0.4, -0.2) is 13.9 Å². The zero-order valence-corrected chi connectivity index (χ0v) is 11.1. The third kappa shape index (κ3) is 2.90. The normalized spacial score (nSPS) is 9.78. The molecule has 0 spiro atoms. The maximum absolute atomic E-state index is 11.5. The van der Waals surface area contributed by atoms with Crippen LogP contribution in [0.25, 0.3) is 11.0 Å². The lowest BCUT2D eigenvalue weighted by Gasteiger charge is -2.09. The van der Waals surface area contributed by atoms with Gasteiger partial charge >= 0.3 is 5.63 Å². The Hall–Kier alpha value is -1.81. The smallest absolute Gasteiger partial charge is 0.342 e. The van der Waals surface area contributed by atoms with Gasteiger partial charge in [0, 0.05) is 7.11 Å². The van der Waals surface area contributed by atoms with E-state index in [1.54, 1.807) is 19.1 Å². The maximum atomic E-state index is 11.5. The highest BCUT2D eigenvalue weighted by Crippen LogP contribution is 2.26. The van der Waals surface area contributed by atoms with Gasteiger partial charge in [0.2, 0.25) is 0 Å². The van der Waals surface area contributed by atoms with Crippen LogP contribution >= 0.6 is 0 Å². The largest absolute Gasteiger partial charge is 0.466 e. The van der Waals surface area contributed by atoms with Crippen molar-refractivity contribution >= 4 is 11.0 Å². The highest BCUT2D eigenvalue weighted by Gasteiger charge is 2.11. The first kappa shape index (κ1) is 14.3. The summed E-state index contributed by atoms with van der Waals surface area (Å²) in [6.07, 6.45) is 0. The first-order chi connectivity index (χ1) is 8.74. The molecule has 0 aliphatic rings. The molecule has 0 fully saturated rings. The molecule has 4 nitrogen and oxygen atoms in total. The molecular formula is C14H18O4. The van der Waals surface area contributed by atoms with Gasteiger partial charge in [-0.2, -0.15) is 0 Å². The van der Waals surface area contributed by atoms with Gasteiger partial charge in [-0.25, -0.2) is 4.79 Å². The van der Waals surface area contributed by atoms with Crippen LogP contribution < -0.4 is 10.4 Å². The van der Waals surface area contributed by atoms with Gasteiger partial charge in [0.15, 0.2) is 6.79 Å². The van der Waals surface area contributed by atoms with E-state index in [2.05, 4.69) is 0 Å². The summed E-state index contributed by atoms with van der Waals surface area (Å²) in [6.45, 7) is 5.78. The molecule has 1 aromatic carbocycles. The van der Waals surface area contributed by atoms with E-state index in [0.717, 1.165) is 5.39 Å². The lowest BCUT2D eigenvalue weighted by molar-refractivity contribution is 0.0514. The zero-order chi connectivity index (χ0) is 13.5. The fourth-order valence-corrected chi connectivity index (χ4v) is 1.52. The molecule has 0 atom stereocenters. The van der Waals surface area contributed by atoms with Crippen LogP contribution in [0, 0.1) is 6.92 Å². The van der Waals surface area contributed by atoms with E-state index in [4.69, 9.17) is 13.9 Å². The number of ether oxygens (including phenoxy) is 2. The molecule has 2 aromatic rings. The number of para-hydroxylation sites is 1. The molecule has 1 heterocycles. The van der Waals surface area contributed by atoms with Crippen LogP contribution in [0.2, 0.25) is 0 Å². The van der Waals surface area contributed by atoms with Crippen LogP contribution in [-0.2, 0) is 4.74 Å². The van der Waals surface area contributed by atoms with Crippen molar-refractivity contribution in [2.75, 3.05) is 13.9 Å². The fraction of sp³-hybridized carbons (Fsp3) is 0.357. The Morgan fingerprint density at radius 2 is 1.89 bits per heavy atom. The summed E-state index contributed by atoms with van der Waals surface area (Å²) >= 11 is 0. The minimum Gasteiger partial charge on any atom is -0.466 e. The SMILES string of the molecule is CC.COCOc1c(C)c(=O)oc2ccccc12. The van der Waals surface area contributed by atoms with E-state index in [1.165, 1.54) is 7.11 Å². The van der Waals surface area contributed by atoms with Crippen LogP contribution in [0.4, 0.5) is 0 Å².